The van der Waals surface area contributed by atoms with E-state index in [9.17, 15) is 34.5 Å². The number of ether oxygens (including phenoxy) is 1. The zero-order chi connectivity index (χ0) is 19.9. The Bertz CT molecular complexity index is 735. The highest BCUT2D eigenvalue weighted by molar-refractivity contribution is 6.05. The third-order valence-corrected chi connectivity index (χ3v) is 3.74. The van der Waals surface area contributed by atoms with Crippen LogP contribution in [0, 0.1) is 0 Å². The maximum atomic E-state index is 11.7. The normalized spacial score (nSPS) is 11.4. The molecular weight excluding hydrogens is 344 g/mol. The Morgan fingerprint density at radius 1 is 1.04 bits per heavy atom. The van der Waals surface area contributed by atoms with Crippen LogP contribution in [0.25, 0.3) is 0 Å². The van der Waals surface area contributed by atoms with Crippen LogP contribution in [-0.4, -0.2) is 39.2 Å². The molecule has 8 nitrogen and oxygen atoms in total. The number of carboxylic acid groups (broad SMARTS) is 3. The Hall–Kier alpha value is -3.16. The molecule has 0 amide bonds. The Morgan fingerprint density at radius 3 is 2.08 bits per heavy atom. The Morgan fingerprint density at radius 2 is 1.62 bits per heavy atom. The number of carbonyl (C=O) groups is 4. The van der Waals surface area contributed by atoms with Gasteiger partial charge in [0.25, 0.3) is 0 Å². The van der Waals surface area contributed by atoms with E-state index in [2.05, 4.69) is 6.58 Å². The first-order chi connectivity index (χ1) is 12.2. The standard InChI is InChI=1S/C18H20O8/c1-3-5-6-7-12(26-13(19)4-2)14-10(16(20)21)8-9-11(17(22)23)15(14)18(24)25/h4,8-9,12H,2-3,5-7H2,1H3,(H,20,21)(H,22,23)(H,24,25). The van der Waals surface area contributed by atoms with Crippen LogP contribution in [0.1, 0.15) is 75.3 Å². The molecule has 0 saturated carbocycles. The van der Waals surface area contributed by atoms with E-state index in [4.69, 9.17) is 4.74 Å². The van der Waals surface area contributed by atoms with Crippen molar-refractivity contribution in [2.24, 2.45) is 0 Å². The smallest absolute Gasteiger partial charge is 0.337 e. The molecule has 0 fully saturated rings. The highest BCUT2D eigenvalue weighted by atomic mass is 16.5. The number of carboxylic acids is 3. The average molecular weight is 364 g/mol. The first-order valence-electron chi connectivity index (χ1n) is 7.94. The number of carbonyl (C=O) groups excluding carboxylic acids is 1. The number of hydrogen-bond donors (Lipinski definition) is 3. The van der Waals surface area contributed by atoms with Gasteiger partial charge in [0.2, 0.25) is 0 Å². The second-order valence-corrected chi connectivity index (χ2v) is 5.49. The molecule has 1 aromatic rings. The van der Waals surface area contributed by atoms with Crippen molar-refractivity contribution in [1.82, 2.24) is 0 Å². The van der Waals surface area contributed by atoms with Crippen LogP contribution < -0.4 is 0 Å². The van der Waals surface area contributed by atoms with Gasteiger partial charge < -0.3 is 20.1 Å². The third-order valence-electron chi connectivity index (χ3n) is 3.74. The summed E-state index contributed by atoms with van der Waals surface area (Å²) in [5.41, 5.74) is -2.04. The highest BCUT2D eigenvalue weighted by Crippen LogP contribution is 2.33. The fourth-order valence-corrected chi connectivity index (χ4v) is 2.58. The second-order valence-electron chi connectivity index (χ2n) is 5.49. The van der Waals surface area contributed by atoms with Gasteiger partial charge in [0.15, 0.2) is 0 Å². The van der Waals surface area contributed by atoms with Crippen LogP contribution in [0.3, 0.4) is 0 Å². The van der Waals surface area contributed by atoms with Crippen molar-refractivity contribution >= 4 is 23.9 Å². The van der Waals surface area contributed by atoms with Crippen molar-refractivity contribution < 1.29 is 39.2 Å². The van der Waals surface area contributed by atoms with Crippen molar-refractivity contribution in [3.8, 4) is 0 Å². The molecule has 26 heavy (non-hydrogen) atoms. The second kappa shape index (κ2) is 9.36. The van der Waals surface area contributed by atoms with Gasteiger partial charge in [0.05, 0.1) is 16.7 Å². The molecule has 0 spiro atoms. The van der Waals surface area contributed by atoms with Crippen molar-refractivity contribution in [3.63, 3.8) is 0 Å². The molecule has 3 N–H and O–H groups in total. The maximum absolute atomic E-state index is 11.7. The van der Waals surface area contributed by atoms with Crippen LogP contribution in [-0.2, 0) is 9.53 Å². The van der Waals surface area contributed by atoms with Gasteiger partial charge in [-0.2, -0.15) is 0 Å². The van der Waals surface area contributed by atoms with E-state index in [1.807, 2.05) is 6.92 Å². The predicted octanol–water partition coefficient (Wildman–Crippen LogP) is 3.13. The monoisotopic (exact) mass is 364 g/mol. The third kappa shape index (κ3) is 4.92. The fraction of sp³-hybridized carbons (Fsp3) is 0.333. The molecule has 0 aliphatic rings. The topological polar surface area (TPSA) is 138 Å². The summed E-state index contributed by atoms with van der Waals surface area (Å²) in [6.45, 7) is 5.20. The number of benzene rings is 1. The molecule has 1 aromatic carbocycles. The van der Waals surface area contributed by atoms with Gasteiger partial charge in [-0.05, 0) is 25.0 Å². The van der Waals surface area contributed by atoms with Gasteiger partial charge >= 0.3 is 23.9 Å². The minimum atomic E-state index is -1.62. The van der Waals surface area contributed by atoms with Crippen LogP contribution in [0.4, 0.5) is 0 Å². The minimum Gasteiger partial charge on any atom is -0.478 e. The highest BCUT2D eigenvalue weighted by Gasteiger charge is 2.31. The largest absolute Gasteiger partial charge is 0.478 e. The fourth-order valence-electron chi connectivity index (χ4n) is 2.58. The molecule has 0 heterocycles. The zero-order valence-electron chi connectivity index (χ0n) is 14.2. The van der Waals surface area contributed by atoms with Gasteiger partial charge in [-0.1, -0.05) is 26.3 Å². The van der Waals surface area contributed by atoms with Gasteiger partial charge in [0.1, 0.15) is 6.10 Å². The lowest BCUT2D eigenvalue weighted by molar-refractivity contribution is -0.143. The van der Waals surface area contributed by atoms with E-state index in [1.54, 1.807) is 0 Å². The van der Waals surface area contributed by atoms with Crippen LogP contribution in [0.15, 0.2) is 24.8 Å². The summed E-state index contributed by atoms with van der Waals surface area (Å²) in [4.78, 5) is 46.3. The van der Waals surface area contributed by atoms with E-state index < -0.39 is 46.7 Å². The Labute approximate surface area is 149 Å². The molecule has 0 saturated heterocycles. The number of rotatable bonds is 10. The van der Waals surface area contributed by atoms with Gasteiger partial charge in [-0.25, -0.2) is 19.2 Å². The first kappa shape index (κ1) is 20.9. The van der Waals surface area contributed by atoms with E-state index >= 15 is 0 Å². The lowest BCUT2D eigenvalue weighted by atomic mass is 9.89. The first-order valence-corrected chi connectivity index (χ1v) is 7.94. The SMILES string of the molecule is C=CC(=O)OC(CCCCC)c1c(C(=O)O)ccc(C(=O)O)c1C(=O)O. The number of unbranched alkanes of at least 4 members (excludes halogenated alkanes) is 2. The molecule has 140 valence electrons. The van der Waals surface area contributed by atoms with E-state index in [0.29, 0.717) is 6.42 Å². The van der Waals surface area contributed by atoms with Crippen LogP contribution in [0.2, 0.25) is 0 Å². The molecule has 0 bridgehead atoms. The van der Waals surface area contributed by atoms with E-state index in [-0.39, 0.29) is 12.0 Å². The Kier molecular flexibility index (Phi) is 7.52. The number of aromatic carboxylic acids is 3. The molecule has 0 aromatic heterocycles. The molecule has 0 radical (unpaired) electrons. The van der Waals surface area contributed by atoms with Crippen molar-refractivity contribution in [2.75, 3.05) is 0 Å². The zero-order valence-corrected chi connectivity index (χ0v) is 14.2. The molecule has 1 unspecified atom stereocenters. The average Bonchev–Trinajstić information content (AvgIpc) is 2.59. The number of hydrogen-bond acceptors (Lipinski definition) is 5. The summed E-state index contributed by atoms with van der Waals surface area (Å²) in [7, 11) is 0. The minimum absolute atomic E-state index is 0.150. The van der Waals surface area contributed by atoms with Crippen molar-refractivity contribution in [3.05, 3.63) is 47.0 Å². The molecular formula is C18H20O8. The predicted molar refractivity (Wildman–Crippen MR) is 90.5 cm³/mol. The summed E-state index contributed by atoms with van der Waals surface area (Å²) in [5, 5.41) is 28.2. The maximum Gasteiger partial charge on any atom is 0.337 e. The van der Waals surface area contributed by atoms with Crippen LogP contribution in [0.5, 0.6) is 0 Å². The van der Waals surface area contributed by atoms with Gasteiger partial charge in [0, 0.05) is 11.6 Å². The van der Waals surface area contributed by atoms with Gasteiger partial charge in [-0.3, -0.25) is 0 Å². The van der Waals surface area contributed by atoms with Gasteiger partial charge in [-0.15, -0.1) is 0 Å². The summed E-state index contributed by atoms with van der Waals surface area (Å²) >= 11 is 0. The van der Waals surface area contributed by atoms with E-state index in [0.717, 1.165) is 31.1 Å². The van der Waals surface area contributed by atoms with Crippen LogP contribution >= 0.6 is 0 Å². The molecule has 1 atom stereocenters. The summed E-state index contributed by atoms with van der Waals surface area (Å²) in [6, 6.07) is 1.92. The molecule has 0 aliphatic carbocycles. The summed E-state index contributed by atoms with van der Waals surface area (Å²) in [5.74, 6) is -5.45. The van der Waals surface area contributed by atoms with E-state index in [1.165, 1.54) is 0 Å². The quantitative estimate of drug-likeness (QED) is 0.327. The lowest BCUT2D eigenvalue weighted by Gasteiger charge is -2.22. The molecule has 0 aliphatic heterocycles. The Balaban J connectivity index is 3.66. The lowest BCUT2D eigenvalue weighted by Crippen LogP contribution is -2.21. The van der Waals surface area contributed by atoms with Crippen molar-refractivity contribution in [1.29, 1.82) is 0 Å². The number of esters is 1. The molecule has 1 rings (SSSR count). The summed E-state index contributed by atoms with van der Waals surface area (Å²) in [6.07, 6.45) is 1.90. The molecule has 8 heteroatoms. The summed E-state index contributed by atoms with van der Waals surface area (Å²) < 4.78 is 5.17. The van der Waals surface area contributed by atoms with Crippen molar-refractivity contribution in [2.45, 2.75) is 38.7 Å².